The van der Waals surface area contributed by atoms with Crippen molar-refractivity contribution in [3.05, 3.63) is 64.8 Å². The number of nitrogens with one attached hydrogen (secondary N) is 1. The number of benzene rings is 1. The fourth-order valence-corrected chi connectivity index (χ4v) is 7.81. The molecule has 200 valence electrons. The SMILES string of the molecule is CCCC(NC(C)C)c1cccc(OCC[C@]23C=CC4=C5CCC(=O)C=C5CCC4C2CC[C@]3(C)O)c1. The van der Waals surface area contributed by atoms with Gasteiger partial charge in [0.15, 0.2) is 5.78 Å². The molecule has 4 aliphatic rings. The van der Waals surface area contributed by atoms with Crippen molar-refractivity contribution in [2.24, 2.45) is 17.3 Å². The van der Waals surface area contributed by atoms with Crippen LogP contribution in [0.15, 0.2) is 59.2 Å². The number of ether oxygens (including phenoxy) is 1. The normalized spacial score (nSPS) is 31.6. The lowest BCUT2D eigenvalue weighted by Crippen LogP contribution is -2.48. The van der Waals surface area contributed by atoms with Crippen molar-refractivity contribution < 1.29 is 14.6 Å². The molecule has 4 nitrogen and oxygen atoms in total. The minimum Gasteiger partial charge on any atom is -0.494 e. The smallest absolute Gasteiger partial charge is 0.156 e. The van der Waals surface area contributed by atoms with Crippen LogP contribution in [0.25, 0.3) is 0 Å². The molecule has 1 saturated carbocycles. The number of carbonyl (C=O) groups excluding carboxylic acids is 1. The molecular weight excluding hydrogens is 458 g/mol. The maximum Gasteiger partial charge on any atom is 0.156 e. The third-order valence-corrected chi connectivity index (χ3v) is 9.63. The fraction of sp³-hybridized carbons (Fsp3) is 0.606. The van der Waals surface area contributed by atoms with Crippen LogP contribution in [0.1, 0.15) is 97.1 Å². The van der Waals surface area contributed by atoms with Crippen molar-refractivity contribution >= 4 is 5.78 Å². The number of hydrogen-bond donors (Lipinski definition) is 2. The molecule has 0 radical (unpaired) electrons. The molecule has 1 aromatic rings. The highest BCUT2D eigenvalue weighted by molar-refractivity contribution is 5.93. The minimum atomic E-state index is -0.734. The van der Waals surface area contributed by atoms with E-state index in [0.717, 1.165) is 57.1 Å². The van der Waals surface area contributed by atoms with Crippen LogP contribution in [-0.2, 0) is 4.79 Å². The van der Waals surface area contributed by atoms with Crippen LogP contribution in [0, 0.1) is 17.3 Å². The summed E-state index contributed by atoms with van der Waals surface area (Å²) in [6.45, 7) is 9.25. The molecule has 1 fully saturated rings. The van der Waals surface area contributed by atoms with Crippen molar-refractivity contribution in [1.29, 1.82) is 0 Å². The summed E-state index contributed by atoms with van der Waals surface area (Å²) < 4.78 is 6.38. The van der Waals surface area contributed by atoms with Gasteiger partial charge in [0.2, 0.25) is 0 Å². The highest BCUT2D eigenvalue weighted by Crippen LogP contribution is 2.62. The number of ketones is 1. The summed E-state index contributed by atoms with van der Waals surface area (Å²) >= 11 is 0. The summed E-state index contributed by atoms with van der Waals surface area (Å²) in [6, 6.07) is 9.31. The van der Waals surface area contributed by atoms with E-state index in [2.05, 4.69) is 62.5 Å². The molecule has 0 bridgehead atoms. The molecule has 1 aromatic carbocycles. The van der Waals surface area contributed by atoms with Gasteiger partial charge in [-0.25, -0.2) is 0 Å². The van der Waals surface area contributed by atoms with E-state index in [9.17, 15) is 9.90 Å². The molecule has 0 spiro atoms. The first-order valence-corrected chi connectivity index (χ1v) is 14.6. The summed E-state index contributed by atoms with van der Waals surface area (Å²) in [5.74, 6) is 2.09. The minimum absolute atomic E-state index is 0.269. The lowest BCUT2D eigenvalue weighted by atomic mass is 9.56. The first-order chi connectivity index (χ1) is 17.7. The largest absolute Gasteiger partial charge is 0.494 e. The fourth-order valence-electron chi connectivity index (χ4n) is 7.81. The van der Waals surface area contributed by atoms with Gasteiger partial charge in [0, 0.05) is 23.9 Å². The molecule has 0 amide bonds. The number of aliphatic hydroxyl groups is 1. The van der Waals surface area contributed by atoms with E-state index in [0.29, 0.717) is 36.9 Å². The van der Waals surface area contributed by atoms with Gasteiger partial charge < -0.3 is 15.2 Å². The Kier molecular flexibility index (Phi) is 7.53. The zero-order chi connectivity index (χ0) is 26.2. The third kappa shape index (κ3) is 5.00. The number of hydrogen-bond acceptors (Lipinski definition) is 4. The molecule has 5 atom stereocenters. The second-order valence-corrected chi connectivity index (χ2v) is 12.3. The molecule has 3 unspecified atom stereocenters. The predicted molar refractivity (Wildman–Crippen MR) is 149 cm³/mol. The highest BCUT2D eigenvalue weighted by atomic mass is 16.5. The number of rotatable bonds is 9. The second-order valence-electron chi connectivity index (χ2n) is 12.3. The molecule has 4 heteroatoms. The summed E-state index contributed by atoms with van der Waals surface area (Å²) in [5, 5.41) is 15.4. The Labute approximate surface area is 223 Å². The first-order valence-electron chi connectivity index (χ1n) is 14.6. The van der Waals surface area contributed by atoms with Crippen LogP contribution in [0.3, 0.4) is 0 Å². The van der Waals surface area contributed by atoms with E-state index in [4.69, 9.17) is 4.74 Å². The van der Waals surface area contributed by atoms with Crippen molar-refractivity contribution in [3.8, 4) is 5.75 Å². The van der Waals surface area contributed by atoms with E-state index >= 15 is 0 Å². The van der Waals surface area contributed by atoms with Gasteiger partial charge in [-0.1, -0.05) is 51.5 Å². The van der Waals surface area contributed by atoms with Gasteiger partial charge in [0.1, 0.15) is 5.75 Å². The predicted octanol–water partition coefficient (Wildman–Crippen LogP) is 7.01. The number of fused-ring (bicyclic) bond motifs is 4. The van der Waals surface area contributed by atoms with Gasteiger partial charge in [-0.3, -0.25) is 4.79 Å². The van der Waals surface area contributed by atoms with Crippen molar-refractivity contribution in [3.63, 3.8) is 0 Å². The average Bonchev–Trinajstić information content (AvgIpc) is 3.14. The summed E-state index contributed by atoms with van der Waals surface area (Å²) in [6.07, 6.45) is 15.0. The van der Waals surface area contributed by atoms with Crippen LogP contribution < -0.4 is 10.1 Å². The molecule has 2 N–H and O–H groups in total. The average molecular weight is 504 g/mol. The Morgan fingerprint density at radius 3 is 2.81 bits per heavy atom. The zero-order valence-corrected chi connectivity index (χ0v) is 23.2. The Morgan fingerprint density at radius 1 is 1.19 bits per heavy atom. The van der Waals surface area contributed by atoms with Crippen LogP contribution in [0.5, 0.6) is 5.75 Å². The molecule has 5 rings (SSSR count). The Morgan fingerprint density at radius 2 is 2.03 bits per heavy atom. The standard InChI is InChI=1S/C33H45NO3/c1-5-7-31(34-22(2)3)24-8-6-9-26(21-24)37-19-18-33-17-14-28-27-13-11-25(35)20-23(27)10-12-29(28)30(33)15-16-32(33,4)36/h6,8-9,14,17,20-22,29-31,34,36H,5,7,10-13,15-16,18-19H2,1-4H3/t29?,30?,31?,32-,33+/m0/s1. The van der Waals surface area contributed by atoms with Gasteiger partial charge in [-0.2, -0.15) is 0 Å². The van der Waals surface area contributed by atoms with E-state index in [1.54, 1.807) is 0 Å². The molecule has 0 aromatic heterocycles. The Bertz CT molecular complexity index is 1110. The van der Waals surface area contributed by atoms with Crippen LogP contribution in [0.2, 0.25) is 0 Å². The quantitative estimate of drug-likeness (QED) is 0.381. The van der Waals surface area contributed by atoms with E-state index < -0.39 is 5.60 Å². The van der Waals surface area contributed by atoms with Crippen LogP contribution in [-0.4, -0.2) is 29.1 Å². The van der Waals surface area contributed by atoms with Gasteiger partial charge in [0.05, 0.1) is 12.2 Å². The van der Waals surface area contributed by atoms with Crippen molar-refractivity contribution in [1.82, 2.24) is 5.32 Å². The maximum atomic E-state index is 12.0. The van der Waals surface area contributed by atoms with Gasteiger partial charge in [-0.05, 0) is 104 Å². The van der Waals surface area contributed by atoms with Crippen LogP contribution >= 0.6 is 0 Å². The molecular formula is C33H45NO3. The van der Waals surface area contributed by atoms with Gasteiger partial charge >= 0.3 is 0 Å². The number of carbonyl (C=O) groups is 1. The van der Waals surface area contributed by atoms with E-state index in [1.807, 2.05) is 13.0 Å². The maximum absolute atomic E-state index is 12.0. The lowest BCUT2D eigenvalue weighted by molar-refractivity contribution is -0.114. The molecule has 0 aliphatic heterocycles. The van der Waals surface area contributed by atoms with E-state index in [-0.39, 0.29) is 11.2 Å². The van der Waals surface area contributed by atoms with Gasteiger partial charge in [0.25, 0.3) is 0 Å². The lowest BCUT2D eigenvalue weighted by Gasteiger charge is -2.49. The molecule has 4 aliphatic carbocycles. The monoisotopic (exact) mass is 503 g/mol. The first kappa shape index (κ1) is 26.4. The Balaban J connectivity index is 1.35. The zero-order valence-electron chi connectivity index (χ0n) is 23.2. The Hall–Kier alpha value is -2.17. The number of allylic oxidation sites excluding steroid dienone is 5. The summed E-state index contributed by atoms with van der Waals surface area (Å²) in [7, 11) is 0. The van der Waals surface area contributed by atoms with Crippen molar-refractivity contribution in [2.75, 3.05) is 6.61 Å². The second kappa shape index (κ2) is 10.5. The van der Waals surface area contributed by atoms with Gasteiger partial charge in [-0.15, -0.1) is 0 Å². The summed E-state index contributed by atoms with van der Waals surface area (Å²) in [5.41, 5.74) is 4.40. The third-order valence-electron chi connectivity index (χ3n) is 9.63. The van der Waals surface area contributed by atoms with Crippen molar-refractivity contribution in [2.45, 2.75) is 103 Å². The summed E-state index contributed by atoms with van der Waals surface area (Å²) in [4.78, 5) is 12.0. The molecule has 0 heterocycles. The van der Waals surface area contributed by atoms with E-state index in [1.165, 1.54) is 22.3 Å². The molecule has 0 saturated heterocycles. The van der Waals surface area contributed by atoms with Crippen LogP contribution in [0.4, 0.5) is 0 Å². The topological polar surface area (TPSA) is 58.6 Å². The highest BCUT2D eigenvalue weighted by Gasteiger charge is 2.59. The molecule has 37 heavy (non-hydrogen) atoms.